The number of nitrogens with zero attached hydrogens (tertiary/aromatic N) is 4. The minimum Gasteiger partial charge on any atom is -0.306 e. The van der Waals surface area contributed by atoms with Gasteiger partial charge in [0.2, 0.25) is 0 Å². The fourth-order valence-electron chi connectivity index (χ4n) is 5.45. The number of likely N-dealkylation sites (tertiary alicyclic amines) is 2. The molecular formula is C29H30N4. The van der Waals surface area contributed by atoms with Gasteiger partial charge in [-0.1, -0.05) is 66.7 Å². The van der Waals surface area contributed by atoms with Crippen LogP contribution in [0.4, 0.5) is 0 Å². The van der Waals surface area contributed by atoms with Crippen molar-refractivity contribution in [2.45, 2.75) is 19.4 Å². The molecule has 33 heavy (non-hydrogen) atoms. The highest BCUT2D eigenvalue weighted by Crippen LogP contribution is 2.41. The lowest BCUT2D eigenvalue weighted by Crippen LogP contribution is -2.59. The summed E-state index contributed by atoms with van der Waals surface area (Å²) >= 11 is 0. The van der Waals surface area contributed by atoms with Crippen molar-refractivity contribution in [3.63, 3.8) is 0 Å². The number of hydrogen-bond donors (Lipinski definition) is 0. The quantitative estimate of drug-likeness (QED) is 0.425. The van der Waals surface area contributed by atoms with E-state index in [2.05, 4.69) is 65.4 Å². The van der Waals surface area contributed by atoms with Gasteiger partial charge in [-0.2, -0.15) is 0 Å². The van der Waals surface area contributed by atoms with Gasteiger partial charge in [0.05, 0.1) is 22.4 Å². The lowest BCUT2D eigenvalue weighted by atomic mass is 9.72. The van der Waals surface area contributed by atoms with E-state index in [-0.39, 0.29) is 0 Å². The zero-order valence-corrected chi connectivity index (χ0v) is 19.2. The van der Waals surface area contributed by atoms with E-state index >= 15 is 0 Å². The fourth-order valence-corrected chi connectivity index (χ4v) is 5.45. The number of rotatable bonds is 4. The highest BCUT2D eigenvalue weighted by molar-refractivity contribution is 5.86. The number of hydrogen-bond acceptors (Lipinski definition) is 4. The van der Waals surface area contributed by atoms with E-state index in [1.165, 1.54) is 44.6 Å². The molecule has 6 rings (SSSR count). The molecule has 3 heterocycles. The zero-order chi connectivity index (χ0) is 22.3. The van der Waals surface area contributed by atoms with Crippen molar-refractivity contribution in [2.75, 3.05) is 33.2 Å². The molecule has 2 aliphatic rings. The van der Waals surface area contributed by atoms with E-state index in [4.69, 9.17) is 9.97 Å². The molecule has 0 radical (unpaired) electrons. The Morgan fingerprint density at radius 2 is 1.24 bits per heavy atom. The maximum atomic E-state index is 5.03. The van der Waals surface area contributed by atoms with Crippen molar-refractivity contribution in [3.8, 4) is 22.5 Å². The van der Waals surface area contributed by atoms with Gasteiger partial charge in [-0.25, -0.2) is 9.97 Å². The van der Waals surface area contributed by atoms with Gasteiger partial charge in [-0.3, -0.25) is 4.90 Å². The summed E-state index contributed by atoms with van der Waals surface area (Å²) in [5.74, 6) is 0. The van der Waals surface area contributed by atoms with Crippen molar-refractivity contribution in [3.05, 3.63) is 84.4 Å². The first-order valence-electron chi connectivity index (χ1n) is 12.0. The van der Waals surface area contributed by atoms with Crippen LogP contribution in [0.1, 0.15) is 18.4 Å². The Balaban J connectivity index is 1.24. The normalized spacial score (nSPS) is 18.5. The number of para-hydroxylation sites is 2. The van der Waals surface area contributed by atoms with E-state index in [9.17, 15) is 0 Å². The summed E-state index contributed by atoms with van der Waals surface area (Å²) in [5.41, 5.74) is 7.91. The van der Waals surface area contributed by atoms with Gasteiger partial charge in [0.25, 0.3) is 0 Å². The maximum absolute atomic E-state index is 5.03. The average Bonchev–Trinajstić information content (AvgIpc) is 2.85. The van der Waals surface area contributed by atoms with Crippen LogP contribution >= 0.6 is 0 Å². The summed E-state index contributed by atoms with van der Waals surface area (Å²) in [6.07, 6.45) is 2.70. The van der Waals surface area contributed by atoms with Crippen molar-refractivity contribution in [1.82, 2.24) is 19.8 Å². The van der Waals surface area contributed by atoms with Gasteiger partial charge in [0, 0.05) is 30.8 Å². The van der Waals surface area contributed by atoms with Crippen LogP contribution in [0.5, 0.6) is 0 Å². The van der Waals surface area contributed by atoms with Gasteiger partial charge in [-0.05, 0) is 56.1 Å². The van der Waals surface area contributed by atoms with Gasteiger partial charge in [0.1, 0.15) is 0 Å². The molecule has 4 heteroatoms. The van der Waals surface area contributed by atoms with Gasteiger partial charge in [-0.15, -0.1) is 0 Å². The SMILES string of the molecule is CN1CCC2(CC1)CN(Cc1ccc(-c3nc4ccccc4nc3-c3ccccc3)cc1)C2. The van der Waals surface area contributed by atoms with Gasteiger partial charge >= 0.3 is 0 Å². The van der Waals surface area contributed by atoms with E-state index in [1.807, 2.05) is 30.3 Å². The molecule has 4 nitrogen and oxygen atoms in total. The largest absolute Gasteiger partial charge is 0.306 e. The topological polar surface area (TPSA) is 32.3 Å². The monoisotopic (exact) mass is 434 g/mol. The predicted molar refractivity (Wildman–Crippen MR) is 135 cm³/mol. The number of piperidine rings is 1. The molecule has 4 aromatic rings. The smallest absolute Gasteiger partial charge is 0.0973 e. The molecule has 0 N–H and O–H groups in total. The molecule has 0 aliphatic carbocycles. The Morgan fingerprint density at radius 1 is 0.697 bits per heavy atom. The van der Waals surface area contributed by atoms with Crippen molar-refractivity contribution >= 4 is 11.0 Å². The van der Waals surface area contributed by atoms with Crippen LogP contribution in [-0.2, 0) is 6.54 Å². The van der Waals surface area contributed by atoms with E-state index < -0.39 is 0 Å². The van der Waals surface area contributed by atoms with Gasteiger partial charge < -0.3 is 4.90 Å². The Morgan fingerprint density at radius 3 is 1.85 bits per heavy atom. The molecule has 1 aromatic heterocycles. The lowest BCUT2D eigenvalue weighted by molar-refractivity contribution is -0.0470. The molecule has 0 atom stereocenters. The van der Waals surface area contributed by atoms with Crippen LogP contribution < -0.4 is 0 Å². The fraction of sp³-hybridized carbons (Fsp3) is 0.310. The number of aromatic nitrogens is 2. The summed E-state index contributed by atoms with van der Waals surface area (Å²) in [4.78, 5) is 15.1. The second-order valence-corrected chi connectivity index (χ2v) is 9.92. The van der Waals surface area contributed by atoms with Crippen LogP contribution in [0.3, 0.4) is 0 Å². The van der Waals surface area contributed by atoms with Crippen molar-refractivity contribution < 1.29 is 0 Å². The Labute approximate surface area is 195 Å². The third-order valence-corrected chi connectivity index (χ3v) is 7.42. The predicted octanol–water partition coefficient (Wildman–Crippen LogP) is 5.49. The summed E-state index contributed by atoms with van der Waals surface area (Å²) in [6, 6.07) is 27.5. The lowest BCUT2D eigenvalue weighted by Gasteiger charge is -2.54. The van der Waals surface area contributed by atoms with Crippen LogP contribution in [0, 0.1) is 5.41 Å². The minimum atomic E-state index is 0.581. The van der Waals surface area contributed by atoms with Crippen LogP contribution in [-0.4, -0.2) is 53.0 Å². The maximum Gasteiger partial charge on any atom is 0.0973 e. The molecule has 0 amide bonds. The van der Waals surface area contributed by atoms with E-state index in [0.717, 1.165) is 40.1 Å². The minimum absolute atomic E-state index is 0.581. The molecule has 0 bridgehead atoms. The molecular weight excluding hydrogens is 404 g/mol. The molecule has 3 aromatic carbocycles. The molecule has 0 unspecified atom stereocenters. The van der Waals surface area contributed by atoms with E-state index in [1.54, 1.807) is 0 Å². The van der Waals surface area contributed by atoms with Gasteiger partial charge in [0.15, 0.2) is 0 Å². The molecule has 0 saturated carbocycles. The third-order valence-electron chi connectivity index (χ3n) is 7.42. The zero-order valence-electron chi connectivity index (χ0n) is 19.2. The summed E-state index contributed by atoms with van der Waals surface area (Å²) < 4.78 is 0. The molecule has 166 valence electrons. The Kier molecular flexibility index (Phi) is 5.20. The first-order chi connectivity index (χ1) is 16.2. The number of benzene rings is 3. The summed E-state index contributed by atoms with van der Waals surface area (Å²) in [6.45, 7) is 6.03. The van der Waals surface area contributed by atoms with Crippen molar-refractivity contribution in [2.24, 2.45) is 5.41 Å². The Bertz CT molecular complexity index is 1250. The molecule has 2 aliphatic heterocycles. The average molecular weight is 435 g/mol. The second-order valence-electron chi connectivity index (χ2n) is 9.92. The van der Waals surface area contributed by atoms with Crippen LogP contribution in [0.2, 0.25) is 0 Å². The summed E-state index contributed by atoms with van der Waals surface area (Å²) in [7, 11) is 2.24. The first-order valence-corrected chi connectivity index (χ1v) is 12.0. The molecule has 2 saturated heterocycles. The summed E-state index contributed by atoms with van der Waals surface area (Å²) in [5, 5.41) is 0. The van der Waals surface area contributed by atoms with Crippen LogP contribution in [0.25, 0.3) is 33.5 Å². The van der Waals surface area contributed by atoms with E-state index in [0.29, 0.717) is 5.41 Å². The first kappa shape index (κ1) is 20.5. The van der Waals surface area contributed by atoms with Crippen molar-refractivity contribution in [1.29, 1.82) is 0 Å². The number of fused-ring (bicyclic) bond motifs is 1. The Hall–Kier alpha value is -3.08. The molecule has 1 spiro atoms. The highest BCUT2D eigenvalue weighted by Gasteiger charge is 2.43. The highest BCUT2D eigenvalue weighted by atomic mass is 15.2. The van der Waals surface area contributed by atoms with Crippen LogP contribution in [0.15, 0.2) is 78.9 Å². The second kappa shape index (κ2) is 8.36. The standard InChI is InChI=1S/C29H30N4/c1-32-17-15-29(16-18-32)20-33(21-29)19-22-11-13-24(14-12-22)28-27(23-7-3-2-4-8-23)30-25-9-5-6-10-26(25)31-28/h2-14H,15-21H2,1H3. The third kappa shape index (κ3) is 4.05. The molecule has 2 fully saturated rings.